The van der Waals surface area contributed by atoms with Gasteiger partial charge in [-0.3, -0.25) is 10.1 Å². The predicted octanol–water partition coefficient (Wildman–Crippen LogP) is 2.28. The van der Waals surface area contributed by atoms with Crippen LogP contribution in [-0.4, -0.2) is 49.6 Å². The topological polar surface area (TPSA) is 56.8 Å². The number of carbonyl (C=O) groups is 1. The molecule has 3 atom stereocenters. The second-order valence-corrected chi connectivity index (χ2v) is 6.33. The monoisotopic (exact) mass is 301 g/mol. The molecule has 21 heavy (non-hydrogen) atoms. The molecule has 0 radical (unpaired) electrons. The molecule has 5 nitrogen and oxygen atoms in total. The van der Waals surface area contributed by atoms with Gasteiger partial charge < -0.3 is 14.2 Å². The number of nitrogens with one attached hydrogen (secondary N) is 1. The first-order valence-electron chi connectivity index (χ1n) is 8.05. The summed E-state index contributed by atoms with van der Waals surface area (Å²) in [6, 6.07) is 0.199. The van der Waals surface area contributed by atoms with Crippen molar-refractivity contribution in [1.82, 2.24) is 5.32 Å². The summed E-state index contributed by atoms with van der Waals surface area (Å²) in [5.41, 5.74) is -0.722. The third-order valence-corrected chi connectivity index (χ3v) is 3.62. The lowest BCUT2D eigenvalue weighted by Crippen LogP contribution is -2.55. The Morgan fingerprint density at radius 2 is 2.14 bits per heavy atom. The average Bonchev–Trinajstić information content (AvgIpc) is 2.88. The summed E-state index contributed by atoms with van der Waals surface area (Å²) in [6.45, 7) is 11.6. The molecule has 3 unspecified atom stereocenters. The number of hydrogen-bond donors (Lipinski definition) is 1. The van der Waals surface area contributed by atoms with E-state index in [1.54, 1.807) is 0 Å². The summed E-state index contributed by atoms with van der Waals surface area (Å²) in [4.78, 5) is 12.2. The maximum atomic E-state index is 12.2. The lowest BCUT2D eigenvalue weighted by Gasteiger charge is -2.33. The Bertz CT molecular complexity index is 315. The molecule has 0 spiro atoms. The van der Waals surface area contributed by atoms with E-state index in [-0.39, 0.29) is 24.2 Å². The first kappa shape index (κ1) is 18.4. The van der Waals surface area contributed by atoms with E-state index in [4.69, 9.17) is 14.2 Å². The highest BCUT2D eigenvalue weighted by molar-refractivity contribution is 5.80. The van der Waals surface area contributed by atoms with Crippen LogP contribution in [0.1, 0.15) is 53.9 Å². The van der Waals surface area contributed by atoms with Gasteiger partial charge in [0.2, 0.25) is 0 Å². The van der Waals surface area contributed by atoms with Gasteiger partial charge in [-0.25, -0.2) is 0 Å². The van der Waals surface area contributed by atoms with E-state index in [0.717, 1.165) is 19.4 Å². The minimum atomic E-state index is -0.722. The van der Waals surface area contributed by atoms with E-state index < -0.39 is 5.54 Å². The standard InChI is InChI=1S/C16H31NO4/c1-6-19-15(18)16(5,17-12(2)3)10-13(4)21-11-14-8-7-9-20-14/h12-14,17H,6-11H2,1-5H3. The van der Waals surface area contributed by atoms with Crippen molar-refractivity contribution in [1.29, 1.82) is 0 Å². The summed E-state index contributed by atoms with van der Waals surface area (Å²) in [7, 11) is 0. The van der Waals surface area contributed by atoms with Crippen molar-refractivity contribution < 1.29 is 19.0 Å². The van der Waals surface area contributed by atoms with Crippen molar-refractivity contribution >= 4 is 5.97 Å². The smallest absolute Gasteiger partial charge is 0.326 e. The summed E-state index contributed by atoms with van der Waals surface area (Å²) in [6.07, 6.45) is 2.93. The van der Waals surface area contributed by atoms with Crippen LogP contribution in [0.3, 0.4) is 0 Å². The molecular weight excluding hydrogens is 270 g/mol. The quantitative estimate of drug-likeness (QED) is 0.662. The third kappa shape index (κ3) is 6.32. The lowest BCUT2D eigenvalue weighted by atomic mass is 9.93. The van der Waals surface area contributed by atoms with Crippen LogP contribution in [-0.2, 0) is 19.0 Å². The van der Waals surface area contributed by atoms with Gasteiger partial charge in [-0.1, -0.05) is 0 Å². The van der Waals surface area contributed by atoms with E-state index in [1.807, 2.05) is 34.6 Å². The number of ether oxygens (including phenoxy) is 3. The fourth-order valence-electron chi connectivity index (χ4n) is 2.81. The van der Waals surface area contributed by atoms with Crippen LogP contribution >= 0.6 is 0 Å². The molecule has 5 heteroatoms. The predicted molar refractivity (Wildman–Crippen MR) is 82.3 cm³/mol. The van der Waals surface area contributed by atoms with Crippen LogP contribution in [0, 0.1) is 0 Å². The summed E-state index contributed by atoms with van der Waals surface area (Å²) < 4.78 is 16.6. The molecule has 1 aliphatic rings. The third-order valence-electron chi connectivity index (χ3n) is 3.62. The van der Waals surface area contributed by atoms with Crippen molar-refractivity contribution in [2.75, 3.05) is 19.8 Å². The zero-order valence-corrected chi connectivity index (χ0v) is 14.1. The van der Waals surface area contributed by atoms with Crippen molar-refractivity contribution in [3.8, 4) is 0 Å². The Kier molecular flexibility index (Phi) is 7.63. The molecule has 1 heterocycles. The molecule has 0 amide bonds. The van der Waals surface area contributed by atoms with Gasteiger partial charge in [-0.15, -0.1) is 0 Å². The molecule has 1 rings (SSSR count). The highest BCUT2D eigenvalue weighted by Gasteiger charge is 2.37. The highest BCUT2D eigenvalue weighted by Crippen LogP contribution is 2.19. The second-order valence-electron chi connectivity index (χ2n) is 6.33. The van der Waals surface area contributed by atoms with E-state index in [0.29, 0.717) is 19.6 Å². The zero-order chi connectivity index (χ0) is 15.9. The minimum Gasteiger partial charge on any atom is -0.465 e. The largest absolute Gasteiger partial charge is 0.465 e. The second kappa shape index (κ2) is 8.71. The molecule has 1 saturated heterocycles. The van der Waals surface area contributed by atoms with Gasteiger partial charge in [0.15, 0.2) is 0 Å². The first-order chi connectivity index (χ1) is 9.87. The summed E-state index contributed by atoms with van der Waals surface area (Å²) >= 11 is 0. The van der Waals surface area contributed by atoms with Crippen molar-refractivity contribution in [2.45, 2.75) is 77.7 Å². The van der Waals surface area contributed by atoms with E-state index in [1.165, 1.54) is 0 Å². The van der Waals surface area contributed by atoms with Gasteiger partial charge in [0, 0.05) is 19.1 Å². The van der Waals surface area contributed by atoms with E-state index in [9.17, 15) is 4.79 Å². The molecule has 0 aliphatic carbocycles. The van der Waals surface area contributed by atoms with Crippen molar-refractivity contribution in [3.05, 3.63) is 0 Å². The molecule has 0 saturated carbocycles. The van der Waals surface area contributed by atoms with Crippen LogP contribution in [0.4, 0.5) is 0 Å². The number of carbonyl (C=O) groups excluding carboxylic acids is 1. The maximum Gasteiger partial charge on any atom is 0.326 e. The SMILES string of the molecule is CCOC(=O)C(C)(CC(C)OCC1CCCO1)NC(C)C. The molecule has 1 aliphatic heterocycles. The Morgan fingerprint density at radius 1 is 1.43 bits per heavy atom. The number of esters is 1. The molecule has 1 fully saturated rings. The Balaban J connectivity index is 2.51. The summed E-state index contributed by atoms with van der Waals surface area (Å²) in [5, 5.41) is 3.31. The van der Waals surface area contributed by atoms with E-state index in [2.05, 4.69) is 5.32 Å². The van der Waals surface area contributed by atoms with Crippen molar-refractivity contribution in [2.24, 2.45) is 0 Å². The molecular formula is C16H31NO4. The lowest BCUT2D eigenvalue weighted by molar-refractivity contribution is -0.152. The molecule has 1 N–H and O–H groups in total. The van der Waals surface area contributed by atoms with Crippen LogP contribution in [0.5, 0.6) is 0 Å². The van der Waals surface area contributed by atoms with Crippen LogP contribution in [0.2, 0.25) is 0 Å². The van der Waals surface area contributed by atoms with Gasteiger partial charge in [0.1, 0.15) is 5.54 Å². The van der Waals surface area contributed by atoms with Gasteiger partial charge in [-0.05, 0) is 47.5 Å². The van der Waals surface area contributed by atoms with Gasteiger partial charge in [0.25, 0.3) is 0 Å². The van der Waals surface area contributed by atoms with Gasteiger partial charge >= 0.3 is 5.97 Å². The molecule has 0 bridgehead atoms. The normalized spacial score (nSPS) is 23.0. The van der Waals surface area contributed by atoms with Crippen LogP contribution in [0.25, 0.3) is 0 Å². The number of rotatable bonds is 9. The average molecular weight is 301 g/mol. The minimum absolute atomic E-state index is 0.0325. The van der Waals surface area contributed by atoms with Gasteiger partial charge in [-0.2, -0.15) is 0 Å². The highest BCUT2D eigenvalue weighted by atomic mass is 16.5. The first-order valence-corrected chi connectivity index (χ1v) is 8.05. The van der Waals surface area contributed by atoms with Crippen LogP contribution < -0.4 is 5.32 Å². The molecule has 0 aromatic heterocycles. The van der Waals surface area contributed by atoms with Crippen molar-refractivity contribution in [3.63, 3.8) is 0 Å². The van der Waals surface area contributed by atoms with Gasteiger partial charge in [0.05, 0.1) is 25.4 Å². The molecule has 124 valence electrons. The zero-order valence-electron chi connectivity index (χ0n) is 14.1. The van der Waals surface area contributed by atoms with E-state index >= 15 is 0 Å². The van der Waals surface area contributed by atoms with Crippen LogP contribution in [0.15, 0.2) is 0 Å². The summed E-state index contributed by atoms with van der Waals surface area (Å²) in [5.74, 6) is -0.216. The Labute approximate surface area is 128 Å². The fraction of sp³-hybridized carbons (Fsp3) is 0.938. The number of hydrogen-bond acceptors (Lipinski definition) is 5. The molecule has 0 aromatic rings. The molecule has 0 aromatic carbocycles. The Hall–Kier alpha value is -0.650. The fourth-order valence-corrected chi connectivity index (χ4v) is 2.81. The maximum absolute atomic E-state index is 12.2. The Morgan fingerprint density at radius 3 is 2.67 bits per heavy atom.